The molecular formula is C13H19ClN2. The zero-order valence-electron chi connectivity index (χ0n) is 9.91. The Bertz CT molecular complexity index is 359. The SMILES string of the molecule is CC1(C)C(N)CCCN1c1ccc(Cl)cc1. The maximum absolute atomic E-state index is 6.20. The minimum atomic E-state index is 0.0199. The lowest BCUT2D eigenvalue weighted by molar-refractivity contribution is 0.310. The lowest BCUT2D eigenvalue weighted by Crippen LogP contribution is -2.59. The average molecular weight is 239 g/mol. The Morgan fingerprint density at radius 1 is 1.31 bits per heavy atom. The highest BCUT2D eigenvalue weighted by atomic mass is 35.5. The first-order valence-electron chi connectivity index (χ1n) is 5.80. The van der Waals surface area contributed by atoms with Gasteiger partial charge in [-0.25, -0.2) is 0 Å². The fourth-order valence-electron chi connectivity index (χ4n) is 2.39. The molecule has 1 aromatic rings. The van der Waals surface area contributed by atoms with Gasteiger partial charge in [-0.1, -0.05) is 11.6 Å². The van der Waals surface area contributed by atoms with Crippen LogP contribution in [0.3, 0.4) is 0 Å². The first-order chi connectivity index (χ1) is 7.51. The molecule has 2 N–H and O–H groups in total. The van der Waals surface area contributed by atoms with Crippen molar-refractivity contribution >= 4 is 17.3 Å². The molecule has 16 heavy (non-hydrogen) atoms. The van der Waals surface area contributed by atoms with Crippen molar-refractivity contribution in [1.82, 2.24) is 0 Å². The third-order valence-electron chi connectivity index (χ3n) is 3.64. The van der Waals surface area contributed by atoms with Gasteiger partial charge in [-0.05, 0) is 51.0 Å². The van der Waals surface area contributed by atoms with E-state index in [9.17, 15) is 0 Å². The van der Waals surface area contributed by atoms with Gasteiger partial charge in [0.05, 0.1) is 0 Å². The lowest BCUT2D eigenvalue weighted by Gasteiger charge is -2.48. The van der Waals surface area contributed by atoms with E-state index in [0.717, 1.165) is 24.4 Å². The number of nitrogens with zero attached hydrogens (tertiary/aromatic N) is 1. The molecule has 0 saturated carbocycles. The third kappa shape index (κ3) is 2.04. The summed E-state index contributed by atoms with van der Waals surface area (Å²) < 4.78 is 0. The Hall–Kier alpha value is -0.730. The molecule has 0 spiro atoms. The monoisotopic (exact) mass is 238 g/mol. The van der Waals surface area contributed by atoms with Gasteiger partial charge in [-0.3, -0.25) is 0 Å². The van der Waals surface area contributed by atoms with Crippen LogP contribution in [0.4, 0.5) is 5.69 Å². The van der Waals surface area contributed by atoms with Gasteiger partial charge in [0.2, 0.25) is 0 Å². The van der Waals surface area contributed by atoms with E-state index in [1.807, 2.05) is 12.1 Å². The number of halogens is 1. The second-order valence-corrected chi connectivity index (χ2v) is 5.47. The van der Waals surface area contributed by atoms with Crippen LogP contribution in [-0.2, 0) is 0 Å². The Morgan fingerprint density at radius 3 is 2.56 bits per heavy atom. The molecule has 2 nitrogen and oxygen atoms in total. The summed E-state index contributed by atoms with van der Waals surface area (Å²) >= 11 is 5.91. The molecule has 2 rings (SSSR count). The van der Waals surface area contributed by atoms with E-state index in [4.69, 9.17) is 17.3 Å². The van der Waals surface area contributed by atoms with E-state index >= 15 is 0 Å². The molecule has 1 atom stereocenters. The Morgan fingerprint density at radius 2 is 1.94 bits per heavy atom. The van der Waals surface area contributed by atoms with Crippen molar-refractivity contribution in [3.05, 3.63) is 29.3 Å². The predicted octanol–water partition coefficient (Wildman–Crippen LogP) is 3.05. The smallest absolute Gasteiger partial charge is 0.0496 e. The molecule has 0 radical (unpaired) electrons. The second-order valence-electron chi connectivity index (χ2n) is 5.03. The number of benzene rings is 1. The average Bonchev–Trinajstić information content (AvgIpc) is 2.24. The maximum atomic E-state index is 6.20. The molecule has 1 unspecified atom stereocenters. The van der Waals surface area contributed by atoms with Gasteiger partial charge in [-0.2, -0.15) is 0 Å². The summed E-state index contributed by atoms with van der Waals surface area (Å²) in [7, 11) is 0. The molecule has 1 fully saturated rings. The largest absolute Gasteiger partial charge is 0.365 e. The third-order valence-corrected chi connectivity index (χ3v) is 3.89. The zero-order chi connectivity index (χ0) is 11.8. The molecule has 1 aliphatic heterocycles. The van der Waals surface area contributed by atoms with E-state index in [1.165, 1.54) is 5.69 Å². The zero-order valence-corrected chi connectivity index (χ0v) is 10.7. The maximum Gasteiger partial charge on any atom is 0.0496 e. The molecule has 0 bridgehead atoms. The van der Waals surface area contributed by atoms with Crippen LogP contribution in [0.2, 0.25) is 5.02 Å². The number of nitrogens with two attached hydrogens (primary N) is 1. The van der Waals surface area contributed by atoms with Crippen LogP contribution in [0.25, 0.3) is 0 Å². The summed E-state index contributed by atoms with van der Waals surface area (Å²) in [5.41, 5.74) is 7.43. The van der Waals surface area contributed by atoms with Crippen molar-refractivity contribution in [3.8, 4) is 0 Å². The van der Waals surface area contributed by atoms with Gasteiger partial charge >= 0.3 is 0 Å². The summed E-state index contributed by atoms with van der Waals surface area (Å²) in [6, 6.07) is 8.25. The van der Waals surface area contributed by atoms with Crippen LogP contribution in [0.1, 0.15) is 26.7 Å². The molecule has 1 heterocycles. The fourth-order valence-corrected chi connectivity index (χ4v) is 2.52. The Balaban J connectivity index is 2.28. The highest BCUT2D eigenvalue weighted by Gasteiger charge is 2.36. The highest BCUT2D eigenvalue weighted by molar-refractivity contribution is 6.30. The molecule has 0 amide bonds. The minimum absolute atomic E-state index is 0.0199. The molecule has 3 heteroatoms. The van der Waals surface area contributed by atoms with Crippen LogP contribution in [0.15, 0.2) is 24.3 Å². The van der Waals surface area contributed by atoms with E-state index in [1.54, 1.807) is 0 Å². The lowest BCUT2D eigenvalue weighted by atomic mass is 9.85. The second kappa shape index (κ2) is 4.27. The van der Waals surface area contributed by atoms with Gasteiger partial charge in [-0.15, -0.1) is 0 Å². The van der Waals surface area contributed by atoms with Crippen LogP contribution in [-0.4, -0.2) is 18.1 Å². The molecule has 1 aliphatic rings. The molecule has 1 aromatic carbocycles. The molecule has 0 aromatic heterocycles. The summed E-state index contributed by atoms with van der Waals surface area (Å²) in [6.45, 7) is 5.50. The van der Waals surface area contributed by atoms with Gasteiger partial charge < -0.3 is 10.6 Å². The predicted molar refractivity (Wildman–Crippen MR) is 70.1 cm³/mol. The van der Waals surface area contributed by atoms with Gasteiger partial charge in [0.1, 0.15) is 0 Å². The Kier molecular flexibility index (Phi) is 3.13. The topological polar surface area (TPSA) is 29.3 Å². The van der Waals surface area contributed by atoms with Crippen molar-refractivity contribution in [1.29, 1.82) is 0 Å². The van der Waals surface area contributed by atoms with E-state index in [0.29, 0.717) is 0 Å². The summed E-state index contributed by atoms with van der Waals surface area (Å²) in [4.78, 5) is 2.39. The molecule has 0 aliphatic carbocycles. The number of hydrogen-bond donors (Lipinski definition) is 1. The highest BCUT2D eigenvalue weighted by Crippen LogP contribution is 2.32. The van der Waals surface area contributed by atoms with Gasteiger partial charge in [0.25, 0.3) is 0 Å². The normalized spacial score (nSPS) is 24.5. The summed E-state index contributed by atoms with van der Waals surface area (Å²) in [5, 5.41) is 0.780. The molecule has 1 saturated heterocycles. The van der Waals surface area contributed by atoms with Crippen molar-refractivity contribution in [2.45, 2.75) is 38.3 Å². The quantitative estimate of drug-likeness (QED) is 0.815. The number of piperidine rings is 1. The first kappa shape index (κ1) is 11.7. The summed E-state index contributed by atoms with van der Waals surface area (Å²) in [6.07, 6.45) is 2.27. The number of rotatable bonds is 1. The Labute approximate surface area is 102 Å². The van der Waals surface area contributed by atoms with Crippen LogP contribution in [0, 0.1) is 0 Å². The van der Waals surface area contributed by atoms with E-state index in [2.05, 4.69) is 30.9 Å². The van der Waals surface area contributed by atoms with Crippen LogP contribution in [0.5, 0.6) is 0 Å². The number of hydrogen-bond acceptors (Lipinski definition) is 2. The van der Waals surface area contributed by atoms with Crippen molar-refractivity contribution in [2.75, 3.05) is 11.4 Å². The van der Waals surface area contributed by atoms with Crippen LogP contribution < -0.4 is 10.6 Å². The van der Waals surface area contributed by atoms with E-state index < -0.39 is 0 Å². The van der Waals surface area contributed by atoms with Gasteiger partial charge in [0.15, 0.2) is 0 Å². The first-order valence-corrected chi connectivity index (χ1v) is 6.18. The van der Waals surface area contributed by atoms with Crippen molar-refractivity contribution in [2.24, 2.45) is 5.73 Å². The van der Waals surface area contributed by atoms with E-state index in [-0.39, 0.29) is 11.6 Å². The standard InChI is InChI=1S/C13H19ClN2/c1-13(2)12(15)4-3-9-16(13)11-7-5-10(14)6-8-11/h5-8,12H,3-4,9,15H2,1-2H3. The summed E-state index contributed by atoms with van der Waals surface area (Å²) in [5.74, 6) is 0. The fraction of sp³-hybridized carbons (Fsp3) is 0.538. The van der Waals surface area contributed by atoms with Crippen molar-refractivity contribution < 1.29 is 0 Å². The van der Waals surface area contributed by atoms with Crippen molar-refractivity contribution in [3.63, 3.8) is 0 Å². The minimum Gasteiger partial charge on any atom is -0.365 e. The molecule has 88 valence electrons. The molecular weight excluding hydrogens is 220 g/mol. The van der Waals surface area contributed by atoms with Gasteiger partial charge in [0, 0.05) is 28.8 Å². The van der Waals surface area contributed by atoms with Crippen LogP contribution >= 0.6 is 11.6 Å². The number of anilines is 1.